The molecule has 0 aliphatic carbocycles. The van der Waals surface area contributed by atoms with Crippen molar-refractivity contribution in [1.29, 1.82) is 0 Å². The van der Waals surface area contributed by atoms with E-state index in [0.717, 1.165) is 22.6 Å². The van der Waals surface area contributed by atoms with Gasteiger partial charge in [-0.15, -0.1) is 0 Å². The van der Waals surface area contributed by atoms with Crippen molar-refractivity contribution >= 4 is 11.0 Å². The number of nitrogens with zero attached hydrogens (tertiary/aromatic N) is 1. The molecule has 19 heavy (non-hydrogen) atoms. The normalized spacial score (nSPS) is 12.2. The van der Waals surface area contributed by atoms with Gasteiger partial charge in [0, 0.05) is 12.0 Å². The fraction of sp³-hybridized carbons (Fsp3) is 0.267. The number of benzene rings is 1. The van der Waals surface area contributed by atoms with Crippen molar-refractivity contribution in [3.63, 3.8) is 0 Å². The molecule has 4 heteroatoms. The van der Waals surface area contributed by atoms with Crippen molar-refractivity contribution < 1.29 is 4.42 Å². The molecule has 1 aromatic carbocycles. The Morgan fingerprint density at radius 2 is 2.16 bits per heavy atom. The van der Waals surface area contributed by atoms with Crippen LogP contribution >= 0.6 is 0 Å². The number of aromatic amines is 1. The standard InChI is InChI=1S/C15H17N3O/c1-15(2,9-16)10-5-6-11-12(8-10)18-14(17-11)13-4-3-7-19-13/h3-8H,9,16H2,1-2H3,(H,17,18). The number of furan rings is 1. The SMILES string of the molecule is CC(C)(CN)c1ccc2nc(-c3ccco3)[nH]c2c1. The lowest BCUT2D eigenvalue weighted by molar-refractivity contribution is 0.539. The van der Waals surface area contributed by atoms with Gasteiger partial charge in [-0.2, -0.15) is 0 Å². The highest BCUT2D eigenvalue weighted by Crippen LogP contribution is 2.27. The van der Waals surface area contributed by atoms with Gasteiger partial charge in [-0.3, -0.25) is 0 Å². The lowest BCUT2D eigenvalue weighted by Crippen LogP contribution is -2.27. The minimum absolute atomic E-state index is 0.0376. The lowest BCUT2D eigenvalue weighted by atomic mass is 9.85. The number of H-pyrrole nitrogens is 1. The van der Waals surface area contributed by atoms with Crippen LogP contribution in [0.2, 0.25) is 0 Å². The molecule has 0 aliphatic heterocycles. The second kappa shape index (κ2) is 4.24. The van der Waals surface area contributed by atoms with Gasteiger partial charge in [0.15, 0.2) is 11.6 Å². The number of hydrogen-bond acceptors (Lipinski definition) is 3. The Morgan fingerprint density at radius 3 is 2.84 bits per heavy atom. The zero-order chi connectivity index (χ0) is 13.5. The molecule has 0 bridgehead atoms. The van der Waals surface area contributed by atoms with Crippen LogP contribution in [0.5, 0.6) is 0 Å². The number of nitrogens with two attached hydrogens (primary N) is 1. The highest BCUT2D eigenvalue weighted by Gasteiger charge is 2.19. The van der Waals surface area contributed by atoms with Crippen LogP contribution < -0.4 is 5.73 Å². The third kappa shape index (κ3) is 2.04. The topological polar surface area (TPSA) is 67.8 Å². The fourth-order valence-electron chi connectivity index (χ4n) is 2.08. The van der Waals surface area contributed by atoms with Crippen LogP contribution in [0.1, 0.15) is 19.4 Å². The quantitative estimate of drug-likeness (QED) is 0.755. The van der Waals surface area contributed by atoms with Crippen molar-refractivity contribution in [2.75, 3.05) is 6.54 Å². The minimum atomic E-state index is -0.0376. The number of fused-ring (bicyclic) bond motifs is 1. The second-order valence-electron chi connectivity index (χ2n) is 5.38. The fourth-order valence-corrected chi connectivity index (χ4v) is 2.08. The summed E-state index contributed by atoms with van der Waals surface area (Å²) in [6.07, 6.45) is 1.64. The van der Waals surface area contributed by atoms with Gasteiger partial charge in [0.2, 0.25) is 0 Å². The average Bonchev–Trinajstić information content (AvgIpc) is 3.06. The molecule has 0 amide bonds. The summed E-state index contributed by atoms with van der Waals surface area (Å²) in [7, 11) is 0. The second-order valence-corrected chi connectivity index (χ2v) is 5.38. The summed E-state index contributed by atoms with van der Waals surface area (Å²) < 4.78 is 5.35. The molecule has 3 aromatic rings. The molecule has 0 saturated heterocycles. The van der Waals surface area contributed by atoms with Crippen molar-refractivity contribution in [2.24, 2.45) is 5.73 Å². The van der Waals surface area contributed by atoms with Crippen LogP contribution in [-0.4, -0.2) is 16.5 Å². The zero-order valence-electron chi connectivity index (χ0n) is 11.1. The van der Waals surface area contributed by atoms with Crippen LogP contribution in [0.25, 0.3) is 22.6 Å². The van der Waals surface area contributed by atoms with Gasteiger partial charge in [-0.1, -0.05) is 19.9 Å². The molecule has 3 rings (SSSR count). The monoisotopic (exact) mass is 255 g/mol. The maximum atomic E-state index is 5.82. The van der Waals surface area contributed by atoms with E-state index in [1.54, 1.807) is 6.26 Å². The molecular formula is C15H17N3O. The molecule has 0 spiro atoms. The van der Waals surface area contributed by atoms with Gasteiger partial charge in [-0.05, 0) is 29.8 Å². The van der Waals surface area contributed by atoms with E-state index < -0.39 is 0 Å². The summed E-state index contributed by atoms with van der Waals surface area (Å²) in [5, 5.41) is 0. The van der Waals surface area contributed by atoms with E-state index in [2.05, 4.69) is 35.9 Å². The van der Waals surface area contributed by atoms with Crippen molar-refractivity contribution in [3.05, 3.63) is 42.2 Å². The molecular weight excluding hydrogens is 238 g/mol. The minimum Gasteiger partial charge on any atom is -0.461 e. The Hall–Kier alpha value is -2.07. The Labute approximate surface area is 111 Å². The number of rotatable bonds is 3. The average molecular weight is 255 g/mol. The molecule has 0 atom stereocenters. The van der Waals surface area contributed by atoms with Crippen molar-refractivity contribution in [2.45, 2.75) is 19.3 Å². The van der Waals surface area contributed by atoms with Gasteiger partial charge in [-0.25, -0.2) is 4.98 Å². The molecule has 2 heterocycles. The maximum Gasteiger partial charge on any atom is 0.174 e. The highest BCUT2D eigenvalue weighted by atomic mass is 16.3. The van der Waals surface area contributed by atoms with Crippen molar-refractivity contribution in [3.8, 4) is 11.6 Å². The highest BCUT2D eigenvalue weighted by molar-refractivity contribution is 5.79. The molecule has 0 saturated carbocycles. The zero-order valence-corrected chi connectivity index (χ0v) is 11.1. The Morgan fingerprint density at radius 1 is 1.32 bits per heavy atom. The molecule has 2 aromatic heterocycles. The van der Waals surface area contributed by atoms with E-state index in [1.165, 1.54) is 5.56 Å². The number of hydrogen-bond donors (Lipinski definition) is 2. The van der Waals surface area contributed by atoms with E-state index >= 15 is 0 Å². The molecule has 3 N–H and O–H groups in total. The Kier molecular flexibility index (Phi) is 2.68. The first-order chi connectivity index (χ1) is 9.10. The molecule has 98 valence electrons. The summed E-state index contributed by atoms with van der Waals surface area (Å²) in [5.74, 6) is 1.50. The largest absolute Gasteiger partial charge is 0.461 e. The Balaban J connectivity index is 2.09. The number of nitrogens with one attached hydrogen (secondary N) is 1. The molecule has 4 nitrogen and oxygen atoms in total. The summed E-state index contributed by atoms with van der Waals surface area (Å²) in [4.78, 5) is 7.81. The van der Waals surface area contributed by atoms with E-state index in [-0.39, 0.29) is 5.41 Å². The summed E-state index contributed by atoms with van der Waals surface area (Å²) >= 11 is 0. The van der Waals surface area contributed by atoms with E-state index in [1.807, 2.05) is 18.2 Å². The van der Waals surface area contributed by atoms with Crippen LogP contribution in [0.3, 0.4) is 0 Å². The summed E-state index contributed by atoms with van der Waals surface area (Å²) in [5.41, 5.74) is 8.93. The van der Waals surface area contributed by atoms with E-state index in [9.17, 15) is 0 Å². The van der Waals surface area contributed by atoms with Crippen molar-refractivity contribution in [1.82, 2.24) is 9.97 Å². The van der Waals surface area contributed by atoms with Gasteiger partial charge < -0.3 is 15.1 Å². The molecule has 0 radical (unpaired) electrons. The van der Waals surface area contributed by atoms with E-state index in [0.29, 0.717) is 6.54 Å². The van der Waals surface area contributed by atoms with Gasteiger partial charge in [0.05, 0.1) is 17.3 Å². The molecule has 0 aliphatic rings. The van der Waals surface area contributed by atoms with E-state index in [4.69, 9.17) is 10.2 Å². The third-order valence-electron chi connectivity index (χ3n) is 3.53. The first-order valence-electron chi connectivity index (χ1n) is 6.34. The summed E-state index contributed by atoms with van der Waals surface area (Å²) in [6, 6.07) is 9.96. The predicted octanol–water partition coefficient (Wildman–Crippen LogP) is 3.06. The van der Waals surface area contributed by atoms with Gasteiger partial charge in [0.25, 0.3) is 0 Å². The maximum absolute atomic E-state index is 5.82. The van der Waals surface area contributed by atoms with Crippen LogP contribution in [-0.2, 0) is 5.41 Å². The summed E-state index contributed by atoms with van der Waals surface area (Å²) in [6.45, 7) is 4.88. The number of imidazole rings is 1. The van der Waals surface area contributed by atoms with Gasteiger partial charge >= 0.3 is 0 Å². The van der Waals surface area contributed by atoms with Gasteiger partial charge in [0.1, 0.15) is 0 Å². The van der Waals surface area contributed by atoms with Crippen LogP contribution in [0, 0.1) is 0 Å². The molecule has 0 fully saturated rings. The first-order valence-corrected chi connectivity index (χ1v) is 6.34. The number of aromatic nitrogens is 2. The lowest BCUT2D eigenvalue weighted by Gasteiger charge is -2.22. The first kappa shape index (κ1) is 12.0. The smallest absolute Gasteiger partial charge is 0.174 e. The predicted molar refractivity (Wildman–Crippen MR) is 75.9 cm³/mol. The van der Waals surface area contributed by atoms with Crippen LogP contribution in [0.4, 0.5) is 0 Å². The third-order valence-corrected chi connectivity index (χ3v) is 3.53. The molecule has 0 unspecified atom stereocenters. The van der Waals surface area contributed by atoms with Crippen LogP contribution in [0.15, 0.2) is 41.0 Å². The Bertz CT molecular complexity index is 695.